The van der Waals surface area contributed by atoms with Crippen LogP contribution >= 0.6 is 15.9 Å². The third-order valence-corrected chi connectivity index (χ3v) is 9.78. The molecular weight excluding hydrogens is 644 g/mol. The van der Waals surface area contributed by atoms with Gasteiger partial charge in [0, 0.05) is 28.8 Å². The lowest BCUT2D eigenvalue weighted by Gasteiger charge is -2.25. The summed E-state index contributed by atoms with van der Waals surface area (Å²) in [6, 6.07) is 3.19. The first kappa shape index (κ1) is 31.4. The van der Waals surface area contributed by atoms with Crippen molar-refractivity contribution in [3.8, 4) is 0 Å². The zero-order valence-corrected chi connectivity index (χ0v) is 24.9. The summed E-state index contributed by atoms with van der Waals surface area (Å²) in [7, 11) is -4.20. The molecule has 3 unspecified atom stereocenters. The second-order valence-electron chi connectivity index (χ2n) is 8.47. The number of carbonyl (C=O) groups is 1. The van der Waals surface area contributed by atoms with Crippen LogP contribution in [0.4, 0.5) is 14.5 Å². The Hall–Kier alpha value is -2.11. The number of nitrogens with zero attached hydrogens (tertiary/aromatic N) is 3. The predicted molar refractivity (Wildman–Crippen MR) is 149 cm³/mol. The number of anilines is 1. The molecule has 2 heterocycles. The van der Waals surface area contributed by atoms with Crippen molar-refractivity contribution in [1.29, 1.82) is 0 Å². The Bertz CT molecular complexity index is 1550. The average molecular weight is 671 g/mol. The highest BCUT2D eigenvalue weighted by atomic mass is 79.9. The minimum absolute atomic E-state index is 0.143. The maximum Gasteiger partial charge on any atom is 0.235 e. The van der Waals surface area contributed by atoms with Crippen molar-refractivity contribution in [3.05, 3.63) is 57.8 Å². The molecular formula is C23H26BrF2N3O7S3. The highest BCUT2D eigenvalue weighted by Crippen LogP contribution is 2.33. The molecule has 0 fully saturated rings. The van der Waals surface area contributed by atoms with Crippen molar-refractivity contribution in [1.82, 2.24) is 9.55 Å². The lowest BCUT2D eigenvalue weighted by atomic mass is 10.0. The van der Waals surface area contributed by atoms with Gasteiger partial charge in [-0.15, -0.1) is 0 Å². The number of carbonyl (C=O) groups excluding carboxylic acids is 1. The number of fused-ring (bicyclic) bond motifs is 1. The molecule has 0 aliphatic rings. The SMILES string of the molecule is CCCN(c1ccc(F)c(C(=O)c2cn(C(CC)S(=O)O)c3ncc(Br)cc23)c1F)S(=O)(=O)CCCS(=O)O. The normalized spacial score (nSPS) is 14.3. The first-order valence-electron chi connectivity index (χ1n) is 11.7. The van der Waals surface area contributed by atoms with Gasteiger partial charge >= 0.3 is 0 Å². The summed E-state index contributed by atoms with van der Waals surface area (Å²) in [6.07, 6.45) is 2.88. The summed E-state index contributed by atoms with van der Waals surface area (Å²) in [6.45, 7) is 3.11. The number of rotatable bonds is 13. The molecule has 0 aliphatic heterocycles. The zero-order chi connectivity index (χ0) is 29.1. The lowest BCUT2D eigenvalue weighted by Crippen LogP contribution is -2.35. The summed E-state index contributed by atoms with van der Waals surface area (Å²) in [4.78, 5) is 17.9. The van der Waals surface area contributed by atoms with Crippen LogP contribution in [0.15, 0.2) is 35.1 Å². The fraction of sp³-hybridized carbons (Fsp3) is 0.391. The first-order chi connectivity index (χ1) is 18.3. The molecule has 2 aromatic heterocycles. The van der Waals surface area contributed by atoms with Gasteiger partial charge in [-0.2, -0.15) is 0 Å². The Morgan fingerprint density at radius 3 is 2.51 bits per heavy atom. The van der Waals surface area contributed by atoms with Gasteiger partial charge in [0.2, 0.25) is 15.8 Å². The van der Waals surface area contributed by atoms with Crippen molar-refractivity contribution >= 4 is 70.6 Å². The van der Waals surface area contributed by atoms with E-state index in [0.29, 0.717) is 4.47 Å². The molecule has 2 N–H and O–H groups in total. The molecule has 3 atom stereocenters. The van der Waals surface area contributed by atoms with E-state index in [1.807, 2.05) is 0 Å². The van der Waals surface area contributed by atoms with Gasteiger partial charge in [-0.1, -0.05) is 13.8 Å². The van der Waals surface area contributed by atoms with E-state index in [9.17, 15) is 26.2 Å². The summed E-state index contributed by atoms with van der Waals surface area (Å²) in [5.74, 6) is -4.61. The topological polar surface area (TPSA) is 147 Å². The molecule has 39 heavy (non-hydrogen) atoms. The van der Waals surface area contributed by atoms with Crippen molar-refractivity contribution in [2.45, 2.75) is 38.5 Å². The van der Waals surface area contributed by atoms with Crippen LogP contribution in [0.25, 0.3) is 11.0 Å². The van der Waals surface area contributed by atoms with E-state index in [-0.39, 0.29) is 48.2 Å². The smallest absolute Gasteiger partial charge is 0.235 e. The monoisotopic (exact) mass is 669 g/mol. The maximum absolute atomic E-state index is 15.9. The van der Waals surface area contributed by atoms with Gasteiger partial charge in [-0.3, -0.25) is 9.10 Å². The van der Waals surface area contributed by atoms with Crippen molar-refractivity contribution in [2.75, 3.05) is 22.4 Å². The number of ketones is 1. The van der Waals surface area contributed by atoms with Crippen LogP contribution in [0.5, 0.6) is 0 Å². The summed E-state index contributed by atoms with van der Waals surface area (Å²) in [5.41, 5.74) is -1.60. The number of benzene rings is 1. The fourth-order valence-electron chi connectivity index (χ4n) is 4.11. The molecule has 214 valence electrons. The van der Waals surface area contributed by atoms with E-state index >= 15 is 8.78 Å². The number of pyridine rings is 1. The van der Waals surface area contributed by atoms with Crippen LogP contribution in [0.2, 0.25) is 0 Å². The number of hydrogen-bond acceptors (Lipinski definition) is 6. The molecule has 0 saturated heterocycles. The van der Waals surface area contributed by atoms with E-state index in [0.717, 1.165) is 16.4 Å². The molecule has 10 nitrogen and oxygen atoms in total. The summed E-state index contributed by atoms with van der Waals surface area (Å²) >= 11 is -1.33. The Labute approximate surface area is 237 Å². The highest BCUT2D eigenvalue weighted by molar-refractivity contribution is 9.10. The Kier molecular flexibility index (Phi) is 10.5. The predicted octanol–water partition coefficient (Wildman–Crippen LogP) is 4.60. The Morgan fingerprint density at radius 1 is 1.23 bits per heavy atom. The van der Waals surface area contributed by atoms with Gasteiger partial charge in [0.15, 0.2) is 28.0 Å². The standard InChI is InChI=1S/C23H26BrF2N3O7S3/c1-3-8-29(39(35,36)10-5-9-37(31)32)18-7-6-17(25)20(21(18)26)22(30)16-13-28(19(4-2)38(33)34)23-15(16)11-14(24)12-27-23/h6-7,11-13,19H,3-5,8-10H2,1-2H3,(H,31,32)(H,33,34). The fourth-order valence-corrected chi connectivity index (χ4v) is 7.28. The molecule has 3 rings (SSSR count). The van der Waals surface area contributed by atoms with Gasteiger partial charge in [0.1, 0.15) is 16.8 Å². The van der Waals surface area contributed by atoms with Gasteiger partial charge in [-0.25, -0.2) is 30.6 Å². The van der Waals surface area contributed by atoms with Gasteiger partial charge in [-0.05, 0) is 53.4 Å². The van der Waals surface area contributed by atoms with Gasteiger partial charge in [0.05, 0.1) is 28.3 Å². The zero-order valence-electron chi connectivity index (χ0n) is 20.8. The van der Waals surface area contributed by atoms with Gasteiger partial charge in [0.25, 0.3) is 0 Å². The molecule has 0 bridgehead atoms. The first-order valence-corrected chi connectivity index (χ1v) is 16.5. The Morgan fingerprint density at radius 2 is 1.92 bits per heavy atom. The van der Waals surface area contributed by atoms with Crippen molar-refractivity contribution in [3.63, 3.8) is 0 Å². The van der Waals surface area contributed by atoms with Crippen LogP contribution in [0.1, 0.15) is 54.4 Å². The molecule has 0 spiro atoms. The van der Waals surface area contributed by atoms with E-state index in [2.05, 4.69) is 20.9 Å². The number of hydrogen-bond donors (Lipinski definition) is 2. The van der Waals surface area contributed by atoms with Crippen molar-refractivity contribution < 1.29 is 39.5 Å². The third-order valence-electron chi connectivity index (χ3n) is 5.82. The van der Waals surface area contributed by atoms with Crippen LogP contribution in [-0.2, 0) is 32.2 Å². The number of halogens is 3. The van der Waals surface area contributed by atoms with Crippen LogP contribution in [0.3, 0.4) is 0 Å². The van der Waals surface area contributed by atoms with Crippen LogP contribution in [-0.4, -0.2) is 59.3 Å². The molecule has 0 saturated carbocycles. The largest absolute Gasteiger partial charge is 0.314 e. The number of aromatic nitrogens is 2. The van der Waals surface area contributed by atoms with E-state index in [1.54, 1.807) is 13.8 Å². The molecule has 0 radical (unpaired) electrons. The summed E-state index contributed by atoms with van der Waals surface area (Å²) in [5, 5.41) is -0.834. The second kappa shape index (κ2) is 13.0. The molecule has 3 aromatic rings. The molecule has 1 aromatic carbocycles. The van der Waals surface area contributed by atoms with E-state index in [1.165, 1.54) is 23.0 Å². The lowest BCUT2D eigenvalue weighted by molar-refractivity contribution is 0.103. The minimum Gasteiger partial charge on any atom is -0.314 e. The van der Waals surface area contributed by atoms with Gasteiger partial charge < -0.3 is 13.7 Å². The molecule has 0 aliphatic carbocycles. The third kappa shape index (κ3) is 6.79. The van der Waals surface area contributed by atoms with E-state index < -0.39 is 72.0 Å². The second-order valence-corrected chi connectivity index (χ2v) is 13.5. The Balaban J connectivity index is 2.18. The van der Waals surface area contributed by atoms with Crippen molar-refractivity contribution in [2.24, 2.45) is 0 Å². The highest BCUT2D eigenvalue weighted by Gasteiger charge is 2.31. The van der Waals surface area contributed by atoms with Crippen LogP contribution in [0, 0.1) is 11.6 Å². The quantitative estimate of drug-likeness (QED) is 0.198. The maximum atomic E-state index is 15.9. The van der Waals surface area contributed by atoms with Crippen LogP contribution < -0.4 is 4.31 Å². The van der Waals surface area contributed by atoms with E-state index in [4.69, 9.17) is 4.55 Å². The average Bonchev–Trinajstić information content (AvgIpc) is 3.21. The molecule has 0 amide bonds. The summed E-state index contributed by atoms with van der Waals surface area (Å²) < 4.78 is 101. The minimum atomic E-state index is -4.20. The number of sulfonamides is 1. The molecule has 16 heteroatoms.